The summed E-state index contributed by atoms with van der Waals surface area (Å²) >= 11 is 0. The van der Waals surface area contributed by atoms with Crippen molar-refractivity contribution in [1.29, 1.82) is 0 Å². The second-order valence-corrected chi connectivity index (χ2v) is 4.24. The Morgan fingerprint density at radius 2 is 1.93 bits per heavy atom. The zero-order valence-corrected chi connectivity index (χ0v) is 10.2. The van der Waals surface area contributed by atoms with E-state index < -0.39 is 0 Å². The molecule has 0 saturated heterocycles. The van der Waals surface area contributed by atoms with E-state index in [-0.39, 0.29) is 0 Å². The van der Waals surface area contributed by atoms with Gasteiger partial charge < -0.3 is 5.32 Å². The second-order valence-electron chi connectivity index (χ2n) is 4.24. The van der Waals surface area contributed by atoms with E-state index in [1.165, 1.54) is 30.4 Å². The van der Waals surface area contributed by atoms with E-state index in [0.29, 0.717) is 6.04 Å². The highest BCUT2D eigenvalue weighted by molar-refractivity contribution is 5.28. The van der Waals surface area contributed by atoms with Crippen molar-refractivity contribution in [3.8, 4) is 0 Å². The van der Waals surface area contributed by atoms with Crippen molar-refractivity contribution in [3.05, 3.63) is 35.4 Å². The lowest BCUT2D eigenvalue weighted by atomic mass is 10.0. The predicted molar refractivity (Wildman–Crippen MR) is 67.1 cm³/mol. The fourth-order valence-electron chi connectivity index (χ4n) is 1.88. The number of aryl methyl sites for hydroxylation is 1. The largest absolute Gasteiger partial charge is 0.310 e. The molecule has 1 aromatic rings. The normalized spacial score (nSPS) is 12.7. The SMILES string of the molecule is CCCCCN[C@@H](C)c1ccccc1C. The maximum Gasteiger partial charge on any atom is 0.0294 e. The summed E-state index contributed by atoms with van der Waals surface area (Å²) in [5.41, 5.74) is 2.81. The number of hydrogen-bond acceptors (Lipinski definition) is 1. The van der Waals surface area contributed by atoms with Gasteiger partial charge in [-0.25, -0.2) is 0 Å². The minimum atomic E-state index is 0.475. The van der Waals surface area contributed by atoms with Gasteiger partial charge in [-0.3, -0.25) is 0 Å². The van der Waals surface area contributed by atoms with Gasteiger partial charge in [0.1, 0.15) is 0 Å². The Labute approximate surface area is 93.9 Å². The summed E-state index contributed by atoms with van der Waals surface area (Å²) in [6.07, 6.45) is 3.90. The molecule has 1 N–H and O–H groups in total. The third-order valence-corrected chi connectivity index (χ3v) is 2.89. The number of unbranched alkanes of at least 4 members (excludes halogenated alkanes) is 2. The van der Waals surface area contributed by atoms with Crippen LogP contribution in [0.25, 0.3) is 0 Å². The maximum atomic E-state index is 3.57. The molecular weight excluding hydrogens is 182 g/mol. The molecule has 1 atom stereocenters. The highest BCUT2D eigenvalue weighted by atomic mass is 14.9. The number of rotatable bonds is 6. The molecule has 0 aliphatic heterocycles. The molecule has 1 nitrogen and oxygen atoms in total. The van der Waals surface area contributed by atoms with Crippen LogP contribution in [0.3, 0.4) is 0 Å². The fourth-order valence-corrected chi connectivity index (χ4v) is 1.88. The van der Waals surface area contributed by atoms with E-state index in [0.717, 1.165) is 6.54 Å². The van der Waals surface area contributed by atoms with Crippen molar-refractivity contribution in [3.63, 3.8) is 0 Å². The van der Waals surface area contributed by atoms with Gasteiger partial charge in [-0.1, -0.05) is 44.0 Å². The summed E-state index contributed by atoms with van der Waals surface area (Å²) in [5.74, 6) is 0. The Morgan fingerprint density at radius 1 is 1.20 bits per heavy atom. The number of hydrogen-bond donors (Lipinski definition) is 1. The summed E-state index contributed by atoms with van der Waals surface area (Å²) < 4.78 is 0. The van der Waals surface area contributed by atoms with Gasteiger partial charge in [-0.15, -0.1) is 0 Å². The lowest BCUT2D eigenvalue weighted by Gasteiger charge is -2.16. The zero-order chi connectivity index (χ0) is 11.1. The number of benzene rings is 1. The average Bonchev–Trinajstić information content (AvgIpc) is 2.25. The zero-order valence-electron chi connectivity index (χ0n) is 10.2. The van der Waals surface area contributed by atoms with Crippen molar-refractivity contribution in [2.75, 3.05) is 6.54 Å². The highest BCUT2D eigenvalue weighted by Gasteiger charge is 2.05. The lowest BCUT2D eigenvalue weighted by Crippen LogP contribution is -2.20. The van der Waals surface area contributed by atoms with Crippen molar-refractivity contribution < 1.29 is 0 Å². The first-order chi connectivity index (χ1) is 7.25. The first-order valence-corrected chi connectivity index (χ1v) is 6.04. The summed E-state index contributed by atoms with van der Waals surface area (Å²) in [6.45, 7) is 7.79. The molecule has 0 radical (unpaired) electrons. The molecule has 0 unspecified atom stereocenters. The lowest BCUT2D eigenvalue weighted by molar-refractivity contribution is 0.542. The molecule has 0 aliphatic carbocycles. The standard InChI is InChI=1S/C14H23N/c1-4-5-8-11-15-13(3)14-10-7-6-9-12(14)2/h6-7,9-10,13,15H,4-5,8,11H2,1-3H3/t13-/m0/s1. The van der Waals surface area contributed by atoms with E-state index in [2.05, 4.69) is 50.4 Å². The third-order valence-electron chi connectivity index (χ3n) is 2.89. The Bertz CT molecular complexity index is 280. The van der Waals surface area contributed by atoms with Crippen LogP contribution in [0.1, 0.15) is 50.3 Å². The van der Waals surface area contributed by atoms with Crippen molar-refractivity contribution in [1.82, 2.24) is 5.32 Å². The molecule has 0 amide bonds. The molecule has 0 aromatic heterocycles. The van der Waals surface area contributed by atoms with Gasteiger partial charge in [-0.2, -0.15) is 0 Å². The van der Waals surface area contributed by atoms with Crippen molar-refractivity contribution in [2.45, 2.75) is 46.1 Å². The van der Waals surface area contributed by atoms with Crippen molar-refractivity contribution in [2.24, 2.45) is 0 Å². The van der Waals surface area contributed by atoms with Gasteiger partial charge in [0, 0.05) is 6.04 Å². The Hall–Kier alpha value is -0.820. The van der Waals surface area contributed by atoms with Gasteiger partial charge in [0.15, 0.2) is 0 Å². The molecule has 0 heterocycles. The van der Waals surface area contributed by atoms with Crippen LogP contribution in [0, 0.1) is 6.92 Å². The predicted octanol–water partition coefficient (Wildman–Crippen LogP) is 3.84. The molecule has 15 heavy (non-hydrogen) atoms. The molecule has 0 aliphatic rings. The van der Waals surface area contributed by atoms with Crippen LogP contribution in [0.5, 0.6) is 0 Å². The molecule has 0 fully saturated rings. The van der Waals surface area contributed by atoms with Crippen LogP contribution in [-0.2, 0) is 0 Å². The summed E-state index contributed by atoms with van der Waals surface area (Å²) in [6, 6.07) is 9.09. The Morgan fingerprint density at radius 3 is 2.60 bits per heavy atom. The molecule has 1 heteroatoms. The van der Waals surface area contributed by atoms with Crippen LogP contribution in [0.2, 0.25) is 0 Å². The maximum absolute atomic E-state index is 3.57. The van der Waals surface area contributed by atoms with Gasteiger partial charge >= 0.3 is 0 Å². The topological polar surface area (TPSA) is 12.0 Å². The van der Waals surface area contributed by atoms with Crippen LogP contribution >= 0.6 is 0 Å². The van der Waals surface area contributed by atoms with E-state index in [4.69, 9.17) is 0 Å². The molecular formula is C14H23N. The van der Waals surface area contributed by atoms with Crippen LogP contribution in [0.15, 0.2) is 24.3 Å². The summed E-state index contributed by atoms with van der Waals surface area (Å²) in [5, 5.41) is 3.57. The van der Waals surface area contributed by atoms with Crippen LogP contribution in [-0.4, -0.2) is 6.54 Å². The fraction of sp³-hybridized carbons (Fsp3) is 0.571. The molecule has 1 rings (SSSR count). The molecule has 0 bridgehead atoms. The van der Waals surface area contributed by atoms with Gasteiger partial charge in [0.25, 0.3) is 0 Å². The minimum absolute atomic E-state index is 0.475. The minimum Gasteiger partial charge on any atom is -0.310 e. The monoisotopic (exact) mass is 205 g/mol. The first-order valence-electron chi connectivity index (χ1n) is 6.04. The first kappa shape index (κ1) is 12.3. The second kappa shape index (κ2) is 6.62. The Kier molecular flexibility index (Phi) is 5.41. The Balaban J connectivity index is 2.40. The molecule has 0 spiro atoms. The molecule has 0 saturated carbocycles. The third kappa shape index (κ3) is 4.05. The molecule has 84 valence electrons. The molecule has 1 aromatic carbocycles. The van der Waals surface area contributed by atoms with Gasteiger partial charge in [0.05, 0.1) is 0 Å². The van der Waals surface area contributed by atoms with Crippen LogP contribution in [0.4, 0.5) is 0 Å². The smallest absolute Gasteiger partial charge is 0.0294 e. The van der Waals surface area contributed by atoms with E-state index >= 15 is 0 Å². The van der Waals surface area contributed by atoms with E-state index in [1.807, 2.05) is 0 Å². The summed E-state index contributed by atoms with van der Waals surface area (Å²) in [4.78, 5) is 0. The van der Waals surface area contributed by atoms with E-state index in [1.54, 1.807) is 0 Å². The van der Waals surface area contributed by atoms with Crippen molar-refractivity contribution >= 4 is 0 Å². The van der Waals surface area contributed by atoms with Crippen LogP contribution < -0.4 is 5.32 Å². The highest BCUT2D eigenvalue weighted by Crippen LogP contribution is 2.16. The number of nitrogens with one attached hydrogen (secondary N) is 1. The summed E-state index contributed by atoms with van der Waals surface area (Å²) in [7, 11) is 0. The van der Waals surface area contributed by atoms with Gasteiger partial charge in [-0.05, 0) is 37.9 Å². The van der Waals surface area contributed by atoms with Gasteiger partial charge in [0.2, 0.25) is 0 Å². The van der Waals surface area contributed by atoms with E-state index in [9.17, 15) is 0 Å². The average molecular weight is 205 g/mol. The quantitative estimate of drug-likeness (QED) is 0.696.